The number of hydrogen-bond donors (Lipinski definition) is 2. The van der Waals surface area contributed by atoms with E-state index in [0.29, 0.717) is 5.56 Å². The molecule has 116 valence electrons. The van der Waals surface area contributed by atoms with Crippen molar-refractivity contribution in [3.05, 3.63) is 26.3 Å². The van der Waals surface area contributed by atoms with Crippen molar-refractivity contribution >= 4 is 34.5 Å². The van der Waals surface area contributed by atoms with Gasteiger partial charge in [-0.25, -0.2) is 13.6 Å². The number of nitrogen functional groups attached to an aromatic ring is 1. The lowest BCUT2D eigenvalue weighted by Gasteiger charge is -2.20. The number of alkyl halides is 2. The fourth-order valence-corrected chi connectivity index (χ4v) is 2.52. The Labute approximate surface area is 132 Å². The normalized spacial score (nSPS) is 32.9. The molecule has 1 aromatic heterocycles. The molecular formula is C12H14F2IN3O3. The highest BCUT2D eigenvalue weighted by molar-refractivity contribution is 14.1. The third kappa shape index (κ3) is 2.81. The second-order valence-electron chi connectivity index (χ2n) is 4.81. The molecule has 2 rings (SSSR count). The second-order valence-corrected chi connectivity index (χ2v) is 5.53. The molecule has 0 amide bonds. The highest BCUT2D eigenvalue weighted by atomic mass is 127. The summed E-state index contributed by atoms with van der Waals surface area (Å²) < 4.78 is 36.1. The van der Waals surface area contributed by atoms with Gasteiger partial charge in [-0.3, -0.25) is 4.57 Å². The van der Waals surface area contributed by atoms with Crippen molar-refractivity contribution in [2.24, 2.45) is 0 Å². The van der Waals surface area contributed by atoms with Gasteiger partial charge in [-0.15, -0.1) is 0 Å². The molecule has 9 heteroatoms. The largest absolute Gasteiger partial charge is 0.394 e. The Hall–Kier alpha value is -1.07. The van der Waals surface area contributed by atoms with Crippen molar-refractivity contribution in [1.82, 2.24) is 9.55 Å². The average molecular weight is 413 g/mol. The maximum absolute atomic E-state index is 14.2. The molecule has 0 radical (unpaired) electrons. The third-order valence-electron chi connectivity index (χ3n) is 3.42. The molecule has 21 heavy (non-hydrogen) atoms. The number of aromatic nitrogens is 2. The lowest BCUT2D eigenvalue weighted by Crippen LogP contribution is -2.40. The van der Waals surface area contributed by atoms with Gasteiger partial charge in [0.15, 0.2) is 18.1 Å². The first-order chi connectivity index (χ1) is 9.82. The predicted molar refractivity (Wildman–Crippen MR) is 81.4 cm³/mol. The van der Waals surface area contributed by atoms with Gasteiger partial charge < -0.3 is 15.6 Å². The van der Waals surface area contributed by atoms with Crippen LogP contribution in [0.15, 0.2) is 15.1 Å². The number of rotatable bonds is 3. The first kappa shape index (κ1) is 16.3. The van der Waals surface area contributed by atoms with Crippen molar-refractivity contribution < 1.29 is 18.6 Å². The van der Waals surface area contributed by atoms with E-state index in [1.807, 2.05) is 22.6 Å². The number of halogens is 3. The first-order valence-electron chi connectivity index (χ1n) is 6.07. The summed E-state index contributed by atoms with van der Waals surface area (Å²) in [5.74, 6) is -0.0145. The monoisotopic (exact) mass is 413 g/mol. The van der Waals surface area contributed by atoms with Crippen LogP contribution in [0.5, 0.6) is 0 Å². The maximum atomic E-state index is 14.2. The van der Waals surface area contributed by atoms with Crippen molar-refractivity contribution in [1.29, 1.82) is 0 Å². The Morgan fingerprint density at radius 3 is 2.90 bits per heavy atom. The van der Waals surface area contributed by atoms with Crippen LogP contribution in [-0.2, 0) is 4.74 Å². The van der Waals surface area contributed by atoms with E-state index < -0.39 is 36.5 Å². The molecule has 1 aliphatic heterocycles. The molecule has 4 unspecified atom stereocenters. The van der Waals surface area contributed by atoms with Gasteiger partial charge in [0.1, 0.15) is 11.9 Å². The lowest BCUT2D eigenvalue weighted by atomic mass is 9.98. The minimum absolute atomic E-state index is 0.0145. The van der Waals surface area contributed by atoms with Gasteiger partial charge in [0.25, 0.3) is 0 Å². The van der Waals surface area contributed by atoms with E-state index >= 15 is 0 Å². The molecule has 2 heterocycles. The molecule has 0 bridgehead atoms. The van der Waals surface area contributed by atoms with Gasteiger partial charge in [0.05, 0.1) is 6.61 Å². The highest BCUT2D eigenvalue weighted by Crippen LogP contribution is 2.41. The van der Waals surface area contributed by atoms with E-state index in [-0.39, 0.29) is 5.82 Å². The van der Waals surface area contributed by atoms with Gasteiger partial charge >= 0.3 is 5.69 Å². The van der Waals surface area contributed by atoms with E-state index in [1.165, 1.54) is 6.20 Å². The van der Waals surface area contributed by atoms with Crippen LogP contribution in [-0.4, -0.2) is 39.2 Å². The van der Waals surface area contributed by atoms with Gasteiger partial charge in [-0.1, -0.05) is 22.6 Å². The highest BCUT2D eigenvalue weighted by Gasteiger charge is 2.56. The fraction of sp³-hybridized carbons (Fsp3) is 0.500. The zero-order chi connectivity index (χ0) is 15.8. The van der Waals surface area contributed by atoms with Crippen LogP contribution in [0.3, 0.4) is 0 Å². The van der Waals surface area contributed by atoms with E-state index in [4.69, 9.17) is 15.6 Å². The molecule has 1 aromatic rings. The number of nitrogens with two attached hydrogens (primary N) is 1. The van der Waals surface area contributed by atoms with Crippen molar-refractivity contribution in [3.63, 3.8) is 0 Å². The molecule has 1 aliphatic rings. The Bertz CT molecular complexity index is 620. The number of anilines is 1. The standard InChI is InChI=1S/C12H14F2IN3O3/c1-12(14)7(5-19)21-10(8(12)13)18-4-6(2-3-15)9(16)17-11(18)20/h2-4,7-8,10,19H,5H2,1H3,(H2,16,17,20)/b3-2-. The summed E-state index contributed by atoms with van der Waals surface area (Å²) in [6.07, 6.45) is -2.15. The van der Waals surface area contributed by atoms with Gasteiger partial charge in [0, 0.05) is 11.8 Å². The summed E-state index contributed by atoms with van der Waals surface area (Å²) in [4.78, 5) is 15.4. The number of ether oxygens (including phenoxy) is 1. The molecule has 6 nitrogen and oxygen atoms in total. The molecule has 4 atom stereocenters. The zero-order valence-corrected chi connectivity index (χ0v) is 13.2. The quantitative estimate of drug-likeness (QED) is 0.727. The Morgan fingerprint density at radius 2 is 2.38 bits per heavy atom. The molecule has 0 saturated carbocycles. The minimum atomic E-state index is -2.40. The van der Waals surface area contributed by atoms with Crippen molar-refractivity contribution in [3.8, 4) is 0 Å². The molecule has 1 saturated heterocycles. The molecular weight excluding hydrogens is 399 g/mol. The van der Waals surface area contributed by atoms with Crippen molar-refractivity contribution in [2.45, 2.75) is 31.1 Å². The van der Waals surface area contributed by atoms with E-state index in [1.54, 1.807) is 10.2 Å². The molecule has 0 aliphatic carbocycles. The zero-order valence-electron chi connectivity index (χ0n) is 11.0. The summed E-state index contributed by atoms with van der Waals surface area (Å²) in [5, 5.41) is 9.07. The summed E-state index contributed by atoms with van der Waals surface area (Å²) >= 11 is 1.95. The van der Waals surface area contributed by atoms with Crippen LogP contribution < -0.4 is 11.4 Å². The minimum Gasteiger partial charge on any atom is -0.394 e. The summed E-state index contributed by atoms with van der Waals surface area (Å²) in [7, 11) is 0. The second kappa shape index (κ2) is 5.97. The summed E-state index contributed by atoms with van der Waals surface area (Å²) in [5.41, 5.74) is 2.72. The van der Waals surface area contributed by atoms with Crippen LogP contribution in [0.2, 0.25) is 0 Å². The number of nitrogens with zero attached hydrogens (tertiary/aromatic N) is 2. The van der Waals surface area contributed by atoms with Crippen LogP contribution >= 0.6 is 22.6 Å². The van der Waals surface area contributed by atoms with Gasteiger partial charge in [-0.05, 0) is 17.1 Å². The number of aliphatic hydroxyl groups excluding tert-OH is 1. The van der Waals surface area contributed by atoms with E-state index in [9.17, 15) is 13.6 Å². The third-order valence-corrected chi connectivity index (χ3v) is 3.78. The first-order valence-corrected chi connectivity index (χ1v) is 7.32. The molecule has 0 spiro atoms. The van der Waals surface area contributed by atoms with Crippen LogP contribution in [0.1, 0.15) is 18.7 Å². The predicted octanol–water partition coefficient (Wildman–Crippen LogP) is 1.19. The van der Waals surface area contributed by atoms with E-state index in [2.05, 4.69) is 4.98 Å². The van der Waals surface area contributed by atoms with E-state index in [0.717, 1.165) is 11.5 Å². The fourth-order valence-electron chi connectivity index (χ4n) is 2.13. The van der Waals surface area contributed by atoms with Crippen LogP contribution in [0.25, 0.3) is 6.08 Å². The van der Waals surface area contributed by atoms with Crippen molar-refractivity contribution in [2.75, 3.05) is 12.3 Å². The number of hydrogen-bond acceptors (Lipinski definition) is 5. The topological polar surface area (TPSA) is 90.4 Å². The Balaban J connectivity index is 2.48. The molecule has 1 fully saturated rings. The van der Waals surface area contributed by atoms with Gasteiger partial charge in [0.2, 0.25) is 0 Å². The molecule has 3 N–H and O–H groups in total. The summed E-state index contributed by atoms with van der Waals surface area (Å²) in [6.45, 7) is 0.293. The maximum Gasteiger partial charge on any atom is 0.351 e. The van der Waals surface area contributed by atoms with Crippen LogP contribution in [0, 0.1) is 0 Å². The summed E-state index contributed by atoms with van der Waals surface area (Å²) in [6, 6.07) is 0. The Morgan fingerprint density at radius 1 is 1.71 bits per heavy atom. The SMILES string of the molecule is CC1(F)C(CO)OC(n2cc(/C=C\I)c(N)nc2=O)C1F. The smallest absolute Gasteiger partial charge is 0.351 e. The number of aliphatic hydroxyl groups is 1. The van der Waals surface area contributed by atoms with Crippen LogP contribution in [0.4, 0.5) is 14.6 Å². The average Bonchev–Trinajstić information content (AvgIpc) is 2.64. The Kier molecular flexibility index (Phi) is 4.63. The molecule has 0 aromatic carbocycles. The lowest BCUT2D eigenvalue weighted by molar-refractivity contribution is -0.0532. The van der Waals surface area contributed by atoms with Gasteiger partial charge in [-0.2, -0.15) is 4.98 Å².